The highest BCUT2D eigenvalue weighted by Crippen LogP contribution is 2.23. The molecule has 4 rings (SSSR count). The lowest BCUT2D eigenvalue weighted by atomic mass is 10.1. The lowest BCUT2D eigenvalue weighted by Crippen LogP contribution is -2.27. The molecule has 3 aromatic carbocycles. The van der Waals surface area contributed by atoms with Crippen LogP contribution < -0.4 is 10.3 Å². The van der Waals surface area contributed by atoms with Gasteiger partial charge in [-0.2, -0.15) is 5.10 Å². The molecule has 0 fully saturated rings. The van der Waals surface area contributed by atoms with Gasteiger partial charge in [-0.05, 0) is 35.7 Å². The van der Waals surface area contributed by atoms with E-state index in [0.29, 0.717) is 23.1 Å². The molecule has 0 aliphatic carbocycles. The van der Waals surface area contributed by atoms with Gasteiger partial charge in [0, 0.05) is 11.9 Å². The zero-order chi connectivity index (χ0) is 21.6. The van der Waals surface area contributed by atoms with E-state index in [1.54, 1.807) is 36.4 Å². The van der Waals surface area contributed by atoms with Crippen LogP contribution in [0.15, 0.2) is 83.7 Å². The molecular formula is C26H24N2O3. The maximum absolute atomic E-state index is 13.0. The van der Waals surface area contributed by atoms with Crippen LogP contribution >= 0.6 is 0 Å². The monoisotopic (exact) mass is 412 g/mol. The lowest BCUT2D eigenvalue weighted by molar-refractivity contribution is 0.0728. The third-order valence-corrected chi connectivity index (χ3v) is 5.21. The van der Waals surface area contributed by atoms with Crippen LogP contribution in [0, 0.1) is 0 Å². The number of aryl methyl sites for hydroxylation is 1. The first kappa shape index (κ1) is 20.5. The third-order valence-electron chi connectivity index (χ3n) is 5.21. The van der Waals surface area contributed by atoms with Crippen LogP contribution in [0.1, 0.15) is 36.7 Å². The van der Waals surface area contributed by atoms with Crippen molar-refractivity contribution in [1.82, 2.24) is 9.78 Å². The number of hydrogen-bond donors (Lipinski definition) is 0. The summed E-state index contributed by atoms with van der Waals surface area (Å²) in [5.74, 6) is -0.146. The Labute approximate surface area is 180 Å². The fourth-order valence-corrected chi connectivity index (χ4v) is 3.55. The van der Waals surface area contributed by atoms with E-state index in [1.165, 1.54) is 4.68 Å². The summed E-state index contributed by atoms with van der Waals surface area (Å²) in [6.45, 7) is 2.58. The summed E-state index contributed by atoms with van der Waals surface area (Å²) in [5, 5.41) is 5.34. The average molecular weight is 412 g/mol. The van der Waals surface area contributed by atoms with Crippen molar-refractivity contribution in [2.75, 3.05) is 0 Å². The van der Waals surface area contributed by atoms with Crippen LogP contribution in [0.4, 0.5) is 0 Å². The summed E-state index contributed by atoms with van der Waals surface area (Å²) >= 11 is 0. The van der Waals surface area contributed by atoms with Gasteiger partial charge in [0.25, 0.3) is 5.56 Å². The summed E-state index contributed by atoms with van der Waals surface area (Å²) in [4.78, 5) is 25.8. The van der Waals surface area contributed by atoms with Crippen molar-refractivity contribution < 1.29 is 9.53 Å². The van der Waals surface area contributed by atoms with Crippen molar-refractivity contribution in [3.05, 3.63) is 94.9 Å². The number of unbranched alkanes of at least 4 members (excludes halogenated alkanes) is 2. The van der Waals surface area contributed by atoms with Crippen LogP contribution in [0.25, 0.3) is 21.9 Å². The van der Waals surface area contributed by atoms with E-state index in [4.69, 9.17) is 4.74 Å². The molecule has 0 saturated carbocycles. The number of hydrogen-bond acceptors (Lipinski definition) is 4. The van der Waals surface area contributed by atoms with E-state index < -0.39 is 5.97 Å². The van der Waals surface area contributed by atoms with E-state index in [1.807, 2.05) is 42.5 Å². The van der Waals surface area contributed by atoms with Crippen LogP contribution in [0.2, 0.25) is 0 Å². The fraction of sp³-hybridized carbons (Fsp3) is 0.192. The molecular weight excluding hydrogens is 388 g/mol. The maximum atomic E-state index is 13.0. The van der Waals surface area contributed by atoms with E-state index in [2.05, 4.69) is 12.0 Å². The molecule has 1 aromatic heterocycles. The van der Waals surface area contributed by atoms with E-state index >= 15 is 0 Å². The Balaban J connectivity index is 1.62. The minimum Gasteiger partial charge on any atom is -0.422 e. The molecule has 5 nitrogen and oxygen atoms in total. The van der Waals surface area contributed by atoms with Crippen molar-refractivity contribution in [1.29, 1.82) is 0 Å². The summed E-state index contributed by atoms with van der Waals surface area (Å²) < 4.78 is 6.99. The standard InChI is InChI=1S/C26H24N2O3/c1-2-3-9-18-28-25(29)23-13-8-7-12-22(23)24(27-28)26(30)31-21-16-14-20(15-17-21)19-10-5-4-6-11-19/h4-8,10-17H,2-3,9,18H2,1H3. The van der Waals surface area contributed by atoms with Crippen LogP contribution in [0.5, 0.6) is 5.75 Å². The Morgan fingerprint density at radius 1 is 0.839 bits per heavy atom. The third kappa shape index (κ3) is 4.56. The quantitative estimate of drug-likeness (QED) is 0.229. The number of fused-ring (bicyclic) bond motifs is 1. The number of benzene rings is 3. The Bertz CT molecular complexity index is 1250. The molecule has 0 amide bonds. The Hall–Kier alpha value is -3.73. The molecule has 0 aliphatic heterocycles. The van der Waals surface area contributed by atoms with E-state index in [-0.39, 0.29) is 11.3 Å². The Kier molecular flexibility index (Phi) is 6.22. The van der Waals surface area contributed by atoms with Gasteiger partial charge in [0.2, 0.25) is 0 Å². The molecule has 0 spiro atoms. The Morgan fingerprint density at radius 2 is 1.48 bits per heavy atom. The highest BCUT2D eigenvalue weighted by atomic mass is 16.5. The molecule has 0 unspecified atom stereocenters. The van der Waals surface area contributed by atoms with Crippen molar-refractivity contribution >= 4 is 16.7 Å². The molecule has 5 heteroatoms. The molecule has 0 radical (unpaired) electrons. The van der Waals surface area contributed by atoms with Crippen molar-refractivity contribution in [3.63, 3.8) is 0 Å². The lowest BCUT2D eigenvalue weighted by Gasteiger charge is -2.11. The average Bonchev–Trinajstić information content (AvgIpc) is 2.82. The highest BCUT2D eigenvalue weighted by molar-refractivity contribution is 6.02. The summed E-state index contributed by atoms with van der Waals surface area (Å²) in [7, 11) is 0. The fourth-order valence-electron chi connectivity index (χ4n) is 3.55. The van der Waals surface area contributed by atoms with Crippen LogP contribution in [0.3, 0.4) is 0 Å². The molecule has 0 saturated heterocycles. The predicted molar refractivity (Wildman–Crippen MR) is 122 cm³/mol. The van der Waals surface area contributed by atoms with Gasteiger partial charge >= 0.3 is 5.97 Å². The SMILES string of the molecule is CCCCCn1nc(C(=O)Oc2ccc(-c3ccccc3)cc2)c2ccccc2c1=O. The first-order valence-corrected chi connectivity index (χ1v) is 10.5. The number of nitrogens with zero attached hydrogens (tertiary/aromatic N) is 2. The number of carbonyl (C=O) groups excluding carboxylic acids is 1. The second-order valence-corrected chi connectivity index (χ2v) is 7.41. The van der Waals surface area contributed by atoms with Crippen LogP contribution in [-0.2, 0) is 6.54 Å². The van der Waals surface area contributed by atoms with Gasteiger partial charge in [0.05, 0.1) is 5.39 Å². The second kappa shape index (κ2) is 9.39. The first-order chi connectivity index (χ1) is 15.2. The van der Waals surface area contributed by atoms with E-state index in [9.17, 15) is 9.59 Å². The Morgan fingerprint density at radius 3 is 2.19 bits per heavy atom. The summed E-state index contributed by atoms with van der Waals surface area (Å²) in [6, 6.07) is 24.4. The minimum absolute atomic E-state index is 0.152. The number of rotatable bonds is 7. The second-order valence-electron chi connectivity index (χ2n) is 7.41. The highest BCUT2D eigenvalue weighted by Gasteiger charge is 2.18. The first-order valence-electron chi connectivity index (χ1n) is 10.5. The maximum Gasteiger partial charge on any atom is 0.364 e. The number of esters is 1. The van der Waals surface area contributed by atoms with Gasteiger partial charge in [0.1, 0.15) is 5.75 Å². The topological polar surface area (TPSA) is 61.2 Å². The van der Waals surface area contributed by atoms with Crippen LogP contribution in [-0.4, -0.2) is 15.7 Å². The van der Waals surface area contributed by atoms with Gasteiger partial charge in [-0.3, -0.25) is 4.79 Å². The molecule has 0 N–H and O–H groups in total. The normalized spacial score (nSPS) is 10.9. The molecule has 0 aliphatic rings. The minimum atomic E-state index is -0.576. The van der Waals surface area contributed by atoms with Gasteiger partial charge in [-0.15, -0.1) is 0 Å². The molecule has 0 atom stereocenters. The molecule has 31 heavy (non-hydrogen) atoms. The van der Waals surface area contributed by atoms with Gasteiger partial charge in [-0.25, -0.2) is 9.48 Å². The van der Waals surface area contributed by atoms with Gasteiger partial charge < -0.3 is 4.74 Å². The zero-order valence-electron chi connectivity index (χ0n) is 17.5. The van der Waals surface area contributed by atoms with Gasteiger partial charge in [-0.1, -0.05) is 80.4 Å². The summed E-state index contributed by atoms with van der Waals surface area (Å²) in [5.41, 5.74) is 2.09. The largest absolute Gasteiger partial charge is 0.422 e. The van der Waals surface area contributed by atoms with Crippen molar-refractivity contribution in [2.24, 2.45) is 0 Å². The number of carbonyl (C=O) groups is 1. The van der Waals surface area contributed by atoms with Crippen molar-refractivity contribution in [2.45, 2.75) is 32.7 Å². The molecule has 1 heterocycles. The van der Waals surface area contributed by atoms with Gasteiger partial charge in [0.15, 0.2) is 5.69 Å². The van der Waals surface area contributed by atoms with Crippen molar-refractivity contribution in [3.8, 4) is 16.9 Å². The smallest absolute Gasteiger partial charge is 0.364 e. The molecule has 0 bridgehead atoms. The molecule has 4 aromatic rings. The predicted octanol–water partition coefficient (Wildman–Crippen LogP) is 5.47. The van der Waals surface area contributed by atoms with E-state index in [0.717, 1.165) is 30.4 Å². The molecule has 156 valence electrons. The zero-order valence-corrected chi connectivity index (χ0v) is 17.5. The summed E-state index contributed by atoms with van der Waals surface area (Å²) in [6.07, 6.45) is 2.86. The number of aromatic nitrogens is 2. The number of ether oxygens (including phenoxy) is 1.